The smallest absolute Gasteiger partial charge is 0.329 e. The van der Waals surface area contributed by atoms with E-state index in [1.165, 1.54) is 6.07 Å². The first-order valence-corrected chi connectivity index (χ1v) is 7.07. The van der Waals surface area contributed by atoms with Crippen molar-refractivity contribution < 1.29 is 19.5 Å². The predicted molar refractivity (Wildman–Crippen MR) is 62.5 cm³/mol. The van der Waals surface area contributed by atoms with Crippen molar-refractivity contribution >= 4 is 7.60 Å². The van der Waals surface area contributed by atoms with E-state index in [2.05, 4.69) is 0 Å². The van der Waals surface area contributed by atoms with E-state index in [9.17, 15) is 9.67 Å². The number of hydrogen-bond donors (Lipinski definition) is 3. The highest BCUT2D eigenvalue weighted by Gasteiger charge is 2.16. The second kappa shape index (κ2) is 5.48. The average molecular weight is 244 g/mol. The molecular weight excluding hydrogens is 227 g/mol. The highest BCUT2D eigenvalue weighted by molar-refractivity contribution is 7.50. The number of phenols is 1. The lowest BCUT2D eigenvalue weighted by atomic mass is 10.0. The predicted octanol–water partition coefficient (Wildman–Crippen LogP) is 2.41. The first-order chi connectivity index (χ1) is 7.42. The van der Waals surface area contributed by atoms with Gasteiger partial charge in [-0.05, 0) is 36.1 Å². The van der Waals surface area contributed by atoms with E-state index in [0.29, 0.717) is 5.56 Å². The van der Waals surface area contributed by atoms with Gasteiger partial charge >= 0.3 is 7.60 Å². The molecule has 1 aromatic carbocycles. The van der Waals surface area contributed by atoms with Crippen LogP contribution >= 0.6 is 7.60 Å². The summed E-state index contributed by atoms with van der Waals surface area (Å²) < 4.78 is 10.9. The maximum absolute atomic E-state index is 10.9. The Morgan fingerprint density at radius 1 is 1.25 bits per heavy atom. The Bertz CT molecular complexity index is 397. The second-order valence-corrected chi connectivity index (χ2v) is 5.52. The van der Waals surface area contributed by atoms with Crippen LogP contribution in [0.4, 0.5) is 0 Å². The van der Waals surface area contributed by atoms with E-state index in [1.807, 2.05) is 6.92 Å². The summed E-state index contributed by atoms with van der Waals surface area (Å²) in [5.41, 5.74) is 1.45. The Kier molecular flexibility index (Phi) is 4.54. The molecular formula is C11H17O4P. The summed E-state index contributed by atoms with van der Waals surface area (Å²) in [6.07, 6.45) is 2.43. The second-order valence-electron chi connectivity index (χ2n) is 3.88. The maximum atomic E-state index is 10.9. The Morgan fingerprint density at radius 3 is 2.50 bits per heavy atom. The third-order valence-corrected chi connectivity index (χ3v) is 3.12. The van der Waals surface area contributed by atoms with Crippen LogP contribution in [0.3, 0.4) is 0 Å². The lowest BCUT2D eigenvalue weighted by molar-refractivity contribution is 0.371. The molecule has 0 heterocycles. The van der Waals surface area contributed by atoms with Crippen molar-refractivity contribution in [3.8, 4) is 5.75 Å². The highest BCUT2D eigenvalue weighted by atomic mass is 31.2. The maximum Gasteiger partial charge on any atom is 0.329 e. The number of unbranched alkanes of at least 4 members (excludes halogenated alkanes) is 1. The molecule has 0 amide bonds. The van der Waals surface area contributed by atoms with Gasteiger partial charge in [0.15, 0.2) is 0 Å². The molecule has 16 heavy (non-hydrogen) atoms. The van der Waals surface area contributed by atoms with E-state index in [-0.39, 0.29) is 11.9 Å². The van der Waals surface area contributed by atoms with Crippen LogP contribution in [0, 0.1) is 0 Å². The number of benzene rings is 1. The van der Waals surface area contributed by atoms with Crippen molar-refractivity contribution in [1.29, 1.82) is 0 Å². The third-order valence-electron chi connectivity index (χ3n) is 2.37. The van der Waals surface area contributed by atoms with Gasteiger partial charge < -0.3 is 14.9 Å². The van der Waals surface area contributed by atoms with E-state index in [4.69, 9.17) is 9.79 Å². The lowest BCUT2D eigenvalue weighted by Gasteiger charge is -2.10. The summed E-state index contributed by atoms with van der Waals surface area (Å²) in [5, 5.41) is 9.34. The van der Waals surface area contributed by atoms with Gasteiger partial charge in [-0.25, -0.2) is 0 Å². The fourth-order valence-electron chi connectivity index (χ4n) is 1.59. The molecule has 1 aromatic rings. The SMILES string of the molecule is CCCCc1cc(O)ccc1CP(=O)(O)O. The Morgan fingerprint density at radius 2 is 1.94 bits per heavy atom. The van der Waals surface area contributed by atoms with Gasteiger partial charge in [0.1, 0.15) is 5.75 Å². The molecule has 5 heteroatoms. The van der Waals surface area contributed by atoms with Gasteiger partial charge in [-0.3, -0.25) is 4.57 Å². The van der Waals surface area contributed by atoms with Crippen LogP contribution in [0.5, 0.6) is 5.75 Å². The summed E-state index contributed by atoms with van der Waals surface area (Å²) in [6, 6.07) is 4.63. The highest BCUT2D eigenvalue weighted by Crippen LogP contribution is 2.40. The molecule has 0 aliphatic heterocycles. The molecule has 0 radical (unpaired) electrons. The van der Waals surface area contributed by atoms with Crippen molar-refractivity contribution in [1.82, 2.24) is 0 Å². The number of hydrogen-bond acceptors (Lipinski definition) is 2. The van der Waals surface area contributed by atoms with Crippen molar-refractivity contribution in [3.05, 3.63) is 29.3 Å². The van der Waals surface area contributed by atoms with E-state index in [1.54, 1.807) is 12.1 Å². The first kappa shape index (κ1) is 13.2. The van der Waals surface area contributed by atoms with Crippen LogP contribution < -0.4 is 0 Å². The van der Waals surface area contributed by atoms with Crippen LogP contribution in [0.1, 0.15) is 30.9 Å². The van der Waals surface area contributed by atoms with Crippen LogP contribution in [-0.4, -0.2) is 14.9 Å². The van der Waals surface area contributed by atoms with Gasteiger partial charge in [0.2, 0.25) is 0 Å². The minimum Gasteiger partial charge on any atom is -0.508 e. The van der Waals surface area contributed by atoms with Crippen LogP contribution in [0.2, 0.25) is 0 Å². The minimum atomic E-state index is -4.04. The van der Waals surface area contributed by atoms with Crippen LogP contribution in [0.25, 0.3) is 0 Å². The molecule has 3 N–H and O–H groups in total. The van der Waals surface area contributed by atoms with Crippen LogP contribution in [0.15, 0.2) is 18.2 Å². The number of rotatable bonds is 5. The fraction of sp³-hybridized carbons (Fsp3) is 0.455. The van der Waals surface area contributed by atoms with E-state index in [0.717, 1.165) is 24.8 Å². The van der Waals surface area contributed by atoms with Gasteiger partial charge in [-0.15, -0.1) is 0 Å². The fourth-order valence-corrected chi connectivity index (χ4v) is 2.34. The zero-order chi connectivity index (χ0) is 12.2. The quantitative estimate of drug-likeness (QED) is 0.695. The Labute approximate surface area is 95.1 Å². The van der Waals surface area contributed by atoms with Gasteiger partial charge in [0.25, 0.3) is 0 Å². The van der Waals surface area contributed by atoms with Gasteiger partial charge in [-0.1, -0.05) is 19.4 Å². The van der Waals surface area contributed by atoms with Crippen molar-refractivity contribution in [2.45, 2.75) is 32.3 Å². The molecule has 0 aliphatic carbocycles. The Balaban J connectivity index is 2.93. The first-order valence-electron chi connectivity index (χ1n) is 5.27. The van der Waals surface area contributed by atoms with Crippen molar-refractivity contribution in [2.24, 2.45) is 0 Å². The molecule has 0 fully saturated rings. The number of aromatic hydroxyl groups is 1. The third kappa shape index (κ3) is 4.35. The molecule has 4 nitrogen and oxygen atoms in total. The molecule has 0 saturated heterocycles. The summed E-state index contributed by atoms with van der Waals surface area (Å²) in [5.74, 6) is 0.139. The molecule has 0 atom stereocenters. The minimum absolute atomic E-state index is 0.139. The van der Waals surface area contributed by atoms with Gasteiger partial charge in [0.05, 0.1) is 6.16 Å². The number of aryl methyl sites for hydroxylation is 1. The molecule has 0 spiro atoms. The molecule has 0 bridgehead atoms. The summed E-state index contributed by atoms with van der Waals surface area (Å²) in [4.78, 5) is 17.9. The van der Waals surface area contributed by atoms with E-state index >= 15 is 0 Å². The topological polar surface area (TPSA) is 77.8 Å². The molecule has 0 aliphatic rings. The van der Waals surface area contributed by atoms with Crippen molar-refractivity contribution in [2.75, 3.05) is 0 Å². The zero-order valence-electron chi connectivity index (χ0n) is 9.26. The largest absolute Gasteiger partial charge is 0.508 e. The normalized spacial score (nSPS) is 11.7. The molecule has 0 aromatic heterocycles. The summed E-state index contributed by atoms with van der Waals surface area (Å²) in [6.45, 7) is 2.05. The average Bonchev–Trinajstić information content (AvgIpc) is 2.16. The van der Waals surface area contributed by atoms with E-state index < -0.39 is 7.60 Å². The Hall–Kier alpha value is -0.830. The standard InChI is InChI=1S/C11H17O4P/c1-2-3-4-9-7-11(12)6-5-10(9)8-16(13,14)15/h5-7,12H,2-4,8H2,1H3,(H2,13,14,15). The van der Waals surface area contributed by atoms with Crippen LogP contribution in [-0.2, 0) is 17.1 Å². The zero-order valence-corrected chi connectivity index (χ0v) is 10.2. The van der Waals surface area contributed by atoms with Gasteiger partial charge in [-0.2, -0.15) is 0 Å². The summed E-state index contributed by atoms with van der Waals surface area (Å²) in [7, 11) is -4.04. The molecule has 0 saturated carbocycles. The number of phenolic OH excluding ortho intramolecular Hbond substituents is 1. The molecule has 1 rings (SSSR count). The monoisotopic (exact) mass is 244 g/mol. The van der Waals surface area contributed by atoms with Crippen molar-refractivity contribution in [3.63, 3.8) is 0 Å². The van der Waals surface area contributed by atoms with Gasteiger partial charge in [0, 0.05) is 0 Å². The molecule has 90 valence electrons. The summed E-state index contributed by atoms with van der Waals surface area (Å²) >= 11 is 0. The molecule has 0 unspecified atom stereocenters. The lowest BCUT2D eigenvalue weighted by Crippen LogP contribution is -1.95.